The van der Waals surface area contributed by atoms with Gasteiger partial charge in [-0.3, -0.25) is 4.57 Å². The Bertz CT molecular complexity index is 2740. The molecular formula is C42H25N3S. The van der Waals surface area contributed by atoms with Crippen LogP contribution in [0.2, 0.25) is 0 Å². The van der Waals surface area contributed by atoms with E-state index in [4.69, 9.17) is 9.97 Å². The van der Waals surface area contributed by atoms with E-state index in [1.807, 2.05) is 35.6 Å². The molecule has 0 aliphatic rings. The first kappa shape index (κ1) is 25.5. The minimum Gasteiger partial charge on any atom is -0.292 e. The second kappa shape index (κ2) is 9.83. The van der Waals surface area contributed by atoms with Gasteiger partial charge in [-0.15, -0.1) is 11.3 Å². The van der Waals surface area contributed by atoms with Gasteiger partial charge in [-0.05, 0) is 33.7 Å². The highest BCUT2D eigenvalue weighted by atomic mass is 32.1. The molecule has 0 atom stereocenters. The zero-order valence-corrected chi connectivity index (χ0v) is 25.5. The van der Waals surface area contributed by atoms with Crippen LogP contribution in [0.3, 0.4) is 0 Å². The van der Waals surface area contributed by atoms with E-state index >= 15 is 0 Å². The van der Waals surface area contributed by atoms with Crippen molar-refractivity contribution in [1.29, 1.82) is 0 Å². The highest BCUT2D eigenvalue weighted by Gasteiger charge is 2.24. The third-order valence-corrected chi connectivity index (χ3v) is 10.4. The lowest BCUT2D eigenvalue weighted by atomic mass is 9.97. The van der Waals surface area contributed by atoms with Crippen LogP contribution in [0.15, 0.2) is 152 Å². The number of hydrogen-bond donors (Lipinski definition) is 0. The number of nitrogens with zero attached hydrogens (tertiary/aromatic N) is 3. The lowest BCUT2D eigenvalue weighted by molar-refractivity contribution is 1.05. The van der Waals surface area contributed by atoms with Crippen molar-refractivity contribution in [2.75, 3.05) is 0 Å². The molecule has 0 aliphatic carbocycles. The van der Waals surface area contributed by atoms with Crippen molar-refractivity contribution >= 4 is 74.9 Å². The van der Waals surface area contributed by atoms with E-state index in [1.54, 1.807) is 0 Å². The van der Waals surface area contributed by atoms with E-state index in [1.165, 1.54) is 58.0 Å². The molecule has 0 unspecified atom stereocenters. The minimum absolute atomic E-state index is 0.709. The number of hydrogen-bond acceptors (Lipinski definition) is 3. The molecule has 214 valence electrons. The van der Waals surface area contributed by atoms with Gasteiger partial charge in [-0.1, -0.05) is 133 Å². The summed E-state index contributed by atoms with van der Waals surface area (Å²) in [4.78, 5) is 10.5. The molecule has 3 heterocycles. The van der Waals surface area contributed by atoms with Crippen molar-refractivity contribution in [3.63, 3.8) is 0 Å². The van der Waals surface area contributed by atoms with Crippen LogP contribution in [0, 0.1) is 0 Å². The molecule has 4 heteroatoms. The lowest BCUT2D eigenvalue weighted by Gasteiger charge is -2.13. The molecule has 3 nitrogen and oxygen atoms in total. The predicted octanol–water partition coefficient (Wildman–Crippen LogP) is 11.6. The molecule has 46 heavy (non-hydrogen) atoms. The van der Waals surface area contributed by atoms with Crippen LogP contribution in [0.4, 0.5) is 0 Å². The minimum atomic E-state index is 0.709. The quantitative estimate of drug-likeness (QED) is 0.201. The van der Waals surface area contributed by atoms with E-state index in [0.717, 1.165) is 28.2 Å². The van der Waals surface area contributed by atoms with Gasteiger partial charge in [0.2, 0.25) is 0 Å². The second-order valence-corrected chi connectivity index (χ2v) is 12.8. The van der Waals surface area contributed by atoms with Crippen molar-refractivity contribution in [3.05, 3.63) is 152 Å². The molecular weight excluding hydrogens is 579 g/mol. The molecule has 7 aromatic carbocycles. The van der Waals surface area contributed by atoms with E-state index in [0.29, 0.717) is 5.82 Å². The summed E-state index contributed by atoms with van der Waals surface area (Å²) in [7, 11) is 0. The first-order valence-electron chi connectivity index (χ1n) is 15.5. The van der Waals surface area contributed by atoms with Crippen LogP contribution in [-0.2, 0) is 0 Å². The zero-order valence-electron chi connectivity index (χ0n) is 24.7. The Morgan fingerprint density at radius 3 is 1.89 bits per heavy atom. The largest absolute Gasteiger partial charge is 0.292 e. The average molecular weight is 604 g/mol. The van der Waals surface area contributed by atoms with Crippen molar-refractivity contribution < 1.29 is 0 Å². The molecule has 3 aromatic heterocycles. The van der Waals surface area contributed by atoms with Gasteiger partial charge < -0.3 is 0 Å². The summed E-state index contributed by atoms with van der Waals surface area (Å²) < 4.78 is 4.97. The van der Waals surface area contributed by atoms with Crippen molar-refractivity contribution in [2.24, 2.45) is 0 Å². The molecule has 0 fully saturated rings. The molecule has 0 N–H and O–H groups in total. The Morgan fingerprint density at radius 1 is 0.478 bits per heavy atom. The molecule has 0 radical (unpaired) electrons. The molecule has 0 spiro atoms. The normalized spacial score (nSPS) is 11.9. The zero-order chi connectivity index (χ0) is 30.2. The molecule has 0 bridgehead atoms. The first-order chi connectivity index (χ1) is 22.8. The van der Waals surface area contributed by atoms with Gasteiger partial charge in [0.1, 0.15) is 5.82 Å². The van der Waals surface area contributed by atoms with Gasteiger partial charge in [-0.25, -0.2) is 9.97 Å². The third-order valence-electron chi connectivity index (χ3n) is 9.18. The summed E-state index contributed by atoms with van der Waals surface area (Å²) in [6.07, 6.45) is 0. The fourth-order valence-corrected chi connectivity index (χ4v) is 8.45. The average Bonchev–Trinajstić information content (AvgIpc) is 3.69. The maximum atomic E-state index is 5.35. The van der Waals surface area contributed by atoms with Gasteiger partial charge >= 0.3 is 0 Å². The van der Waals surface area contributed by atoms with Crippen LogP contribution >= 0.6 is 11.3 Å². The van der Waals surface area contributed by atoms with Crippen molar-refractivity contribution in [1.82, 2.24) is 14.5 Å². The van der Waals surface area contributed by atoms with Crippen LogP contribution in [0.25, 0.3) is 92.0 Å². The summed E-state index contributed by atoms with van der Waals surface area (Å²) in [5.41, 5.74) is 5.28. The number of rotatable bonds is 3. The highest BCUT2D eigenvalue weighted by molar-refractivity contribution is 7.27. The van der Waals surface area contributed by atoms with Gasteiger partial charge in [-0.2, -0.15) is 0 Å². The number of fused-ring (bicyclic) bond motifs is 12. The van der Waals surface area contributed by atoms with E-state index in [-0.39, 0.29) is 0 Å². The van der Waals surface area contributed by atoms with Gasteiger partial charge in [0.25, 0.3) is 0 Å². The fraction of sp³-hybridized carbons (Fsp3) is 0. The predicted molar refractivity (Wildman–Crippen MR) is 195 cm³/mol. The van der Waals surface area contributed by atoms with Crippen LogP contribution in [-0.4, -0.2) is 14.5 Å². The van der Waals surface area contributed by atoms with Crippen LogP contribution in [0.5, 0.6) is 0 Å². The third kappa shape index (κ3) is 3.65. The summed E-state index contributed by atoms with van der Waals surface area (Å²) >= 11 is 1.87. The smallest absolute Gasteiger partial charge is 0.162 e. The molecule has 10 rings (SSSR count). The highest BCUT2D eigenvalue weighted by Crippen LogP contribution is 2.49. The van der Waals surface area contributed by atoms with Crippen LogP contribution < -0.4 is 0 Å². The number of thiophene rings is 1. The topological polar surface area (TPSA) is 30.7 Å². The second-order valence-electron chi connectivity index (χ2n) is 11.8. The monoisotopic (exact) mass is 603 g/mol. The first-order valence-corrected chi connectivity index (χ1v) is 16.3. The van der Waals surface area contributed by atoms with E-state index in [2.05, 4.69) is 132 Å². The summed E-state index contributed by atoms with van der Waals surface area (Å²) in [5.74, 6) is 1.57. The van der Waals surface area contributed by atoms with Gasteiger partial charge in [0, 0.05) is 43.4 Å². The maximum absolute atomic E-state index is 5.35. The summed E-state index contributed by atoms with van der Waals surface area (Å²) in [5, 5.41) is 10.1. The maximum Gasteiger partial charge on any atom is 0.162 e. The Morgan fingerprint density at radius 2 is 1.11 bits per heavy atom. The van der Waals surface area contributed by atoms with E-state index in [9.17, 15) is 0 Å². The Hall–Kier alpha value is -5.84. The SMILES string of the molecule is c1ccc(-c2cc(-n3c4ccc5ccccc5c4c4c5ccccc5c5c6ccccc6sc5c43)nc(-c3ccccc3)n2)cc1. The van der Waals surface area contributed by atoms with E-state index < -0.39 is 0 Å². The molecule has 0 aliphatic heterocycles. The summed E-state index contributed by atoms with van der Waals surface area (Å²) in [6.45, 7) is 0. The molecule has 0 saturated carbocycles. The lowest BCUT2D eigenvalue weighted by Crippen LogP contribution is -2.02. The van der Waals surface area contributed by atoms with Gasteiger partial charge in [0.15, 0.2) is 5.82 Å². The fourth-order valence-electron chi connectivity index (χ4n) is 7.20. The van der Waals surface area contributed by atoms with Crippen molar-refractivity contribution in [3.8, 4) is 28.5 Å². The number of benzene rings is 7. The Labute approximate surface area is 268 Å². The standard InChI is InChI=1S/C42H25N3S/c1-3-14-27(15-4-1)33-25-36(44-42(43-33)28-16-5-2-6-17-28)45-34-24-23-26-13-7-8-18-29(26)38(34)39-31-20-10-9-19-30(31)37-32-21-11-12-22-35(32)46-41(37)40(39)45/h1-25H. The molecule has 0 saturated heterocycles. The Balaban J connectivity index is 1.46. The van der Waals surface area contributed by atoms with Crippen molar-refractivity contribution in [2.45, 2.75) is 0 Å². The number of aromatic nitrogens is 3. The Kier molecular flexibility index (Phi) is 5.45. The molecule has 10 aromatic rings. The molecule has 0 amide bonds. The van der Waals surface area contributed by atoms with Gasteiger partial charge in [0.05, 0.1) is 21.4 Å². The van der Waals surface area contributed by atoms with Crippen LogP contribution in [0.1, 0.15) is 0 Å². The summed E-state index contributed by atoms with van der Waals surface area (Å²) in [6, 6.07) is 53.9.